The Hall–Kier alpha value is -0.600. The maximum absolute atomic E-state index is 5.80. The normalized spacial score (nSPS) is 18.8. The fourth-order valence-electron chi connectivity index (χ4n) is 3.07. The van der Waals surface area contributed by atoms with Crippen LogP contribution in [0.15, 0.2) is 23.3 Å². The number of guanidine groups is 1. The van der Waals surface area contributed by atoms with E-state index in [9.17, 15) is 0 Å². The molecule has 142 valence electrons. The molecule has 1 aromatic heterocycles. The van der Waals surface area contributed by atoms with E-state index in [0.717, 1.165) is 25.5 Å². The molecule has 1 aliphatic rings. The highest BCUT2D eigenvalue weighted by molar-refractivity contribution is 14.0. The van der Waals surface area contributed by atoms with Crippen LogP contribution in [-0.4, -0.2) is 55.1 Å². The highest BCUT2D eigenvalue weighted by Gasteiger charge is 2.21. The standard InChI is InChI=1S/C18H30ClN5.HI/c1-14(2)24-10-4-5-16(13-24)12-23-18(20-3)21-9-8-15-6-7-17(19)22-11-15;/h6-7,11,14,16H,4-5,8-10,12-13H2,1-3H3,(H2,20,21,23);1H. The fraction of sp³-hybridized carbons (Fsp3) is 0.667. The Morgan fingerprint density at radius 1 is 1.40 bits per heavy atom. The van der Waals surface area contributed by atoms with Crippen molar-refractivity contribution in [1.29, 1.82) is 0 Å². The Balaban J connectivity index is 0.00000312. The van der Waals surface area contributed by atoms with E-state index in [4.69, 9.17) is 11.6 Å². The Labute approximate surface area is 174 Å². The van der Waals surface area contributed by atoms with Gasteiger partial charge in [0.15, 0.2) is 5.96 Å². The number of pyridine rings is 1. The van der Waals surface area contributed by atoms with E-state index in [0.29, 0.717) is 17.1 Å². The summed E-state index contributed by atoms with van der Waals surface area (Å²) in [5, 5.41) is 7.37. The molecule has 0 spiro atoms. The largest absolute Gasteiger partial charge is 0.356 e. The SMILES string of the molecule is CN=C(NCCc1ccc(Cl)nc1)NCC1CCCN(C(C)C)C1.I. The molecule has 0 aromatic carbocycles. The summed E-state index contributed by atoms with van der Waals surface area (Å²) in [4.78, 5) is 11.0. The van der Waals surface area contributed by atoms with Crippen molar-refractivity contribution >= 4 is 41.5 Å². The minimum atomic E-state index is 0. The van der Waals surface area contributed by atoms with Crippen LogP contribution in [0.3, 0.4) is 0 Å². The molecule has 1 unspecified atom stereocenters. The quantitative estimate of drug-likeness (QED) is 0.285. The maximum atomic E-state index is 5.80. The number of piperidine rings is 1. The van der Waals surface area contributed by atoms with Crippen LogP contribution in [0.4, 0.5) is 0 Å². The molecule has 1 fully saturated rings. The second kappa shape index (κ2) is 11.9. The fourth-order valence-corrected chi connectivity index (χ4v) is 3.19. The average Bonchev–Trinajstić information content (AvgIpc) is 2.59. The number of hydrogen-bond acceptors (Lipinski definition) is 3. The molecule has 0 radical (unpaired) electrons. The molecule has 7 heteroatoms. The molecule has 5 nitrogen and oxygen atoms in total. The van der Waals surface area contributed by atoms with Gasteiger partial charge in [-0.3, -0.25) is 4.99 Å². The number of nitrogens with zero attached hydrogens (tertiary/aromatic N) is 3. The van der Waals surface area contributed by atoms with Gasteiger partial charge in [0.1, 0.15) is 5.15 Å². The van der Waals surface area contributed by atoms with E-state index in [2.05, 4.69) is 39.4 Å². The average molecular weight is 480 g/mol. The number of aromatic nitrogens is 1. The Morgan fingerprint density at radius 3 is 2.84 bits per heavy atom. The summed E-state index contributed by atoms with van der Waals surface area (Å²) in [6.45, 7) is 8.77. The summed E-state index contributed by atoms with van der Waals surface area (Å²) in [6, 6.07) is 4.47. The molecule has 1 aromatic rings. The van der Waals surface area contributed by atoms with Gasteiger partial charge < -0.3 is 15.5 Å². The molecule has 0 amide bonds. The Morgan fingerprint density at radius 2 is 2.20 bits per heavy atom. The van der Waals surface area contributed by atoms with Gasteiger partial charge in [0.2, 0.25) is 0 Å². The molecule has 1 aliphatic heterocycles. The molecule has 0 saturated carbocycles. The zero-order valence-corrected chi connectivity index (χ0v) is 18.6. The first-order chi connectivity index (χ1) is 11.6. The summed E-state index contributed by atoms with van der Waals surface area (Å²) in [7, 11) is 1.82. The van der Waals surface area contributed by atoms with Gasteiger partial charge >= 0.3 is 0 Å². The highest BCUT2D eigenvalue weighted by Crippen LogP contribution is 2.17. The second-order valence-electron chi connectivity index (χ2n) is 6.72. The van der Waals surface area contributed by atoms with E-state index < -0.39 is 0 Å². The summed E-state index contributed by atoms with van der Waals surface area (Å²) in [5.74, 6) is 1.57. The maximum Gasteiger partial charge on any atom is 0.190 e. The van der Waals surface area contributed by atoms with E-state index in [1.54, 1.807) is 0 Å². The first kappa shape index (κ1) is 22.4. The van der Waals surface area contributed by atoms with Crippen LogP contribution in [0, 0.1) is 5.92 Å². The van der Waals surface area contributed by atoms with Gasteiger partial charge in [-0.1, -0.05) is 17.7 Å². The number of likely N-dealkylation sites (tertiary alicyclic amines) is 1. The second-order valence-corrected chi connectivity index (χ2v) is 7.10. The van der Waals surface area contributed by atoms with E-state index >= 15 is 0 Å². The minimum absolute atomic E-state index is 0. The van der Waals surface area contributed by atoms with Crippen LogP contribution in [-0.2, 0) is 6.42 Å². The topological polar surface area (TPSA) is 52.6 Å². The Bertz CT molecular complexity index is 521. The van der Waals surface area contributed by atoms with Gasteiger partial charge in [-0.15, -0.1) is 24.0 Å². The molecule has 2 N–H and O–H groups in total. The molecule has 1 atom stereocenters. The molecule has 2 rings (SSSR count). The number of nitrogens with one attached hydrogen (secondary N) is 2. The van der Waals surface area contributed by atoms with Gasteiger partial charge in [-0.2, -0.15) is 0 Å². The number of halogens is 2. The third-order valence-electron chi connectivity index (χ3n) is 4.56. The van der Waals surface area contributed by atoms with Crippen molar-refractivity contribution in [1.82, 2.24) is 20.5 Å². The third kappa shape index (κ3) is 8.09. The van der Waals surface area contributed by atoms with Crippen LogP contribution in [0.25, 0.3) is 0 Å². The lowest BCUT2D eigenvalue weighted by molar-refractivity contribution is 0.141. The van der Waals surface area contributed by atoms with Crippen LogP contribution < -0.4 is 10.6 Å². The summed E-state index contributed by atoms with van der Waals surface area (Å²) in [5.41, 5.74) is 1.17. The van der Waals surface area contributed by atoms with Gasteiger partial charge in [0.25, 0.3) is 0 Å². The summed E-state index contributed by atoms with van der Waals surface area (Å²) in [6.07, 6.45) is 5.31. The van der Waals surface area contributed by atoms with E-state index in [1.807, 2.05) is 25.4 Å². The molecular weight excluding hydrogens is 449 g/mol. The molecule has 0 aliphatic carbocycles. The van der Waals surface area contributed by atoms with Gasteiger partial charge in [-0.25, -0.2) is 4.98 Å². The molecule has 1 saturated heterocycles. The summed E-state index contributed by atoms with van der Waals surface area (Å²) >= 11 is 5.80. The summed E-state index contributed by atoms with van der Waals surface area (Å²) < 4.78 is 0. The van der Waals surface area contributed by atoms with Crippen molar-refractivity contribution in [2.24, 2.45) is 10.9 Å². The number of rotatable bonds is 6. The lowest BCUT2D eigenvalue weighted by atomic mass is 9.97. The van der Waals surface area contributed by atoms with E-state index in [-0.39, 0.29) is 24.0 Å². The predicted molar refractivity (Wildman–Crippen MR) is 117 cm³/mol. The van der Waals surface area contributed by atoms with Crippen molar-refractivity contribution in [2.75, 3.05) is 33.2 Å². The molecule has 25 heavy (non-hydrogen) atoms. The zero-order chi connectivity index (χ0) is 17.4. The van der Waals surface area contributed by atoms with Crippen LogP contribution in [0.5, 0.6) is 0 Å². The van der Waals surface area contributed by atoms with Gasteiger partial charge in [-0.05, 0) is 57.2 Å². The minimum Gasteiger partial charge on any atom is -0.356 e. The van der Waals surface area contributed by atoms with Crippen LogP contribution in [0.1, 0.15) is 32.3 Å². The van der Waals surface area contributed by atoms with Crippen molar-refractivity contribution in [3.8, 4) is 0 Å². The Kier molecular flexibility index (Phi) is 10.7. The third-order valence-corrected chi connectivity index (χ3v) is 4.78. The van der Waals surface area contributed by atoms with Crippen molar-refractivity contribution in [2.45, 2.75) is 39.2 Å². The lowest BCUT2D eigenvalue weighted by Crippen LogP contribution is -2.46. The monoisotopic (exact) mass is 479 g/mol. The van der Waals surface area contributed by atoms with Crippen LogP contribution >= 0.6 is 35.6 Å². The first-order valence-corrected chi connectivity index (χ1v) is 9.25. The van der Waals surface area contributed by atoms with Crippen LogP contribution in [0.2, 0.25) is 5.15 Å². The highest BCUT2D eigenvalue weighted by atomic mass is 127. The first-order valence-electron chi connectivity index (χ1n) is 8.87. The van der Waals surface area contributed by atoms with E-state index in [1.165, 1.54) is 31.5 Å². The van der Waals surface area contributed by atoms with Crippen molar-refractivity contribution in [3.05, 3.63) is 29.0 Å². The molecule has 2 heterocycles. The van der Waals surface area contributed by atoms with Crippen molar-refractivity contribution in [3.63, 3.8) is 0 Å². The number of hydrogen-bond donors (Lipinski definition) is 2. The smallest absolute Gasteiger partial charge is 0.190 e. The van der Waals surface area contributed by atoms with Gasteiger partial charge in [0, 0.05) is 38.9 Å². The zero-order valence-electron chi connectivity index (χ0n) is 15.5. The predicted octanol–water partition coefficient (Wildman–Crippen LogP) is 3.18. The van der Waals surface area contributed by atoms with Gasteiger partial charge in [0.05, 0.1) is 0 Å². The van der Waals surface area contributed by atoms with Crippen molar-refractivity contribution < 1.29 is 0 Å². The molecular formula is C18H31ClIN5. The molecule has 0 bridgehead atoms. The lowest BCUT2D eigenvalue weighted by Gasteiger charge is -2.35. The number of aliphatic imine (C=N–C) groups is 1.